The van der Waals surface area contributed by atoms with Gasteiger partial charge in [0.1, 0.15) is 0 Å². The second-order valence-corrected chi connectivity index (χ2v) is 5.78. The topological polar surface area (TPSA) is 41.6 Å². The Morgan fingerprint density at radius 1 is 1.63 bits per heavy atom. The fourth-order valence-electron chi connectivity index (χ4n) is 2.27. The van der Waals surface area contributed by atoms with Crippen molar-refractivity contribution in [3.05, 3.63) is 21.9 Å². The highest BCUT2D eigenvalue weighted by Gasteiger charge is 2.19. The van der Waals surface area contributed by atoms with Crippen LogP contribution in [0.4, 0.5) is 0 Å². The number of hydrogen-bond donors (Lipinski definition) is 1. The van der Waals surface area contributed by atoms with Crippen molar-refractivity contribution in [1.82, 2.24) is 10.2 Å². The van der Waals surface area contributed by atoms with Crippen LogP contribution in [0.1, 0.15) is 28.6 Å². The third-order valence-corrected chi connectivity index (χ3v) is 4.51. The first kappa shape index (κ1) is 14.5. The zero-order valence-electron chi connectivity index (χ0n) is 11.6. The van der Waals surface area contributed by atoms with E-state index in [0.717, 1.165) is 43.1 Å². The fraction of sp³-hybridized carbons (Fsp3) is 0.643. The predicted molar refractivity (Wildman–Crippen MR) is 77.9 cm³/mol. The summed E-state index contributed by atoms with van der Waals surface area (Å²) in [6.45, 7) is 8.69. The number of nitrogens with zero attached hydrogens (tertiary/aromatic N) is 1. The molecule has 1 amide bonds. The average molecular weight is 282 g/mol. The summed E-state index contributed by atoms with van der Waals surface area (Å²) in [5.74, 6) is 0.0376. The van der Waals surface area contributed by atoms with E-state index in [1.54, 1.807) is 0 Å². The van der Waals surface area contributed by atoms with E-state index in [-0.39, 0.29) is 12.0 Å². The first-order valence-corrected chi connectivity index (χ1v) is 7.75. The van der Waals surface area contributed by atoms with Crippen LogP contribution in [-0.4, -0.2) is 49.7 Å². The zero-order valence-corrected chi connectivity index (χ0v) is 12.5. The minimum absolute atomic E-state index is 0.0376. The highest BCUT2D eigenvalue weighted by atomic mass is 32.1. The maximum atomic E-state index is 11.9. The van der Waals surface area contributed by atoms with Crippen LogP contribution in [0.3, 0.4) is 0 Å². The van der Waals surface area contributed by atoms with Crippen LogP contribution >= 0.6 is 11.3 Å². The van der Waals surface area contributed by atoms with Crippen LogP contribution in [0.25, 0.3) is 0 Å². The summed E-state index contributed by atoms with van der Waals surface area (Å²) < 4.78 is 5.72. The number of ether oxygens (including phenoxy) is 1. The van der Waals surface area contributed by atoms with Crippen LogP contribution in [0.15, 0.2) is 11.4 Å². The van der Waals surface area contributed by atoms with E-state index in [4.69, 9.17) is 4.74 Å². The molecule has 0 aliphatic carbocycles. The fourth-order valence-corrected chi connectivity index (χ4v) is 3.12. The zero-order chi connectivity index (χ0) is 13.7. The van der Waals surface area contributed by atoms with Gasteiger partial charge in [-0.1, -0.05) is 6.92 Å². The van der Waals surface area contributed by atoms with Crippen molar-refractivity contribution in [3.63, 3.8) is 0 Å². The molecule has 1 fully saturated rings. The molecule has 0 bridgehead atoms. The van der Waals surface area contributed by atoms with Gasteiger partial charge < -0.3 is 10.1 Å². The molecule has 2 heterocycles. The minimum Gasteiger partial charge on any atom is -0.375 e. The molecule has 5 heteroatoms. The van der Waals surface area contributed by atoms with Gasteiger partial charge in [-0.05, 0) is 36.9 Å². The molecule has 0 spiro atoms. The van der Waals surface area contributed by atoms with Crippen molar-refractivity contribution in [2.45, 2.75) is 26.4 Å². The number of likely N-dealkylation sites (N-methyl/N-ethyl adjacent to an activating group) is 1. The number of thiophene rings is 1. The van der Waals surface area contributed by atoms with Gasteiger partial charge in [0, 0.05) is 19.6 Å². The first-order chi connectivity index (χ1) is 9.20. The van der Waals surface area contributed by atoms with Gasteiger partial charge in [0.15, 0.2) is 0 Å². The maximum Gasteiger partial charge on any atom is 0.261 e. The summed E-state index contributed by atoms with van der Waals surface area (Å²) >= 11 is 1.50. The summed E-state index contributed by atoms with van der Waals surface area (Å²) in [7, 11) is 0. The Kier molecular flexibility index (Phi) is 5.36. The van der Waals surface area contributed by atoms with Crippen molar-refractivity contribution in [2.75, 3.05) is 32.8 Å². The van der Waals surface area contributed by atoms with E-state index >= 15 is 0 Å². The molecule has 1 atom stereocenters. The van der Waals surface area contributed by atoms with E-state index < -0.39 is 0 Å². The normalized spacial score (nSPS) is 20.4. The molecule has 1 aromatic heterocycles. The van der Waals surface area contributed by atoms with E-state index in [0.29, 0.717) is 6.54 Å². The van der Waals surface area contributed by atoms with Crippen LogP contribution in [0, 0.1) is 6.92 Å². The molecule has 0 unspecified atom stereocenters. The van der Waals surface area contributed by atoms with E-state index in [2.05, 4.69) is 17.1 Å². The standard InChI is InChI=1S/C14H22N2O2S/c1-3-16-7-8-18-12(10-16)4-6-15-14(17)13-11(2)5-9-19-13/h5,9,12H,3-4,6-8,10H2,1-2H3,(H,15,17)/t12-/m1/s1. The quantitative estimate of drug-likeness (QED) is 0.897. The number of carbonyl (C=O) groups is 1. The molecular weight excluding hydrogens is 260 g/mol. The Labute approximate surface area is 118 Å². The van der Waals surface area contributed by atoms with Crippen molar-refractivity contribution >= 4 is 17.2 Å². The molecule has 1 aliphatic rings. The van der Waals surface area contributed by atoms with Gasteiger partial charge in [0.2, 0.25) is 0 Å². The highest BCUT2D eigenvalue weighted by molar-refractivity contribution is 7.12. The Bertz CT molecular complexity index is 419. The predicted octanol–water partition coefficient (Wildman–Crippen LogP) is 1.90. The Hall–Kier alpha value is -0.910. The summed E-state index contributed by atoms with van der Waals surface area (Å²) in [6.07, 6.45) is 1.13. The molecule has 0 radical (unpaired) electrons. The van der Waals surface area contributed by atoms with Gasteiger partial charge in [0.05, 0.1) is 17.6 Å². The van der Waals surface area contributed by atoms with Gasteiger partial charge in [-0.25, -0.2) is 0 Å². The van der Waals surface area contributed by atoms with Crippen molar-refractivity contribution in [3.8, 4) is 0 Å². The molecule has 2 rings (SSSR count). The number of hydrogen-bond acceptors (Lipinski definition) is 4. The second kappa shape index (κ2) is 7.03. The molecular formula is C14H22N2O2S. The number of amides is 1. The molecule has 1 aliphatic heterocycles. The number of rotatable bonds is 5. The van der Waals surface area contributed by atoms with Gasteiger partial charge >= 0.3 is 0 Å². The second-order valence-electron chi connectivity index (χ2n) is 4.86. The first-order valence-electron chi connectivity index (χ1n) is 6.87. The maximum absolute atomic E-state index is 11.9. The third kappa shape index (κ3) is 4.03. The van der Waals surface area contributed by atoms with Crippen LogP contribution < -0.4 is 5.32 Å². The molecule has 4 nitrogen and oxygen atoms in total. The number of morpholine rings is 1. The third-order valence-electron chi connectivity index (χ3n) is 3.49. The Morgan fingerprint density at radius 3 is 3.16 bits per heavy atom. The largest absolute Gasteiger partial charge is 0.375 e. The molecule has 0 aromatic carbocycles. The van der Waals surface area contributed by atoms with Crippen LogP contribution in [0.5, 0.6) is 0 Å². The molecule has 0 saturated carbocycles. The smallest absolute Gasteiger partial charge is 0.261 e. The number of nitrogens with one attached hydrogen (secondary N) is 1. The minimum atomic E-state index is 0.0376. The van der Waals surface area contributed by atoms with Crippen molar-refractivity contribution in [1.29, 1.82) is 0 Å². The lowest BCUT2D eigenvalue weighted by Crippen LogP contribution is -2.43. The monoisotopic (exact) mass is 282 g/mol. The lowest BCUT2D eigenvalue weighted by atomic mass is 10.2. The van der Waals surface area contributed by atoms with Gasteiger partial charge in [0.25, 0.3) is 5.91 Å². The summed E-state index contributed by atoms with van der Waals surface area (Å²) in [6, 6.07) is 1.98. The summed E-state index contributed by atoms with van der Waals surface area (Å²) in [5, 5.41) is 4.93. The molecule has 1 aromatic rings. The van der Waals surface area contributed by atoms with E-state index in [1.807, 2.05) is 18.4 Å². The van der Waals surface area contributed by atoms with E-state index in [9.17, 15) is 4.79 Å². The average Bonchev–Trinajstić information content (AvgIpc) is 2.85. The highest BCUT2D eigenvalue weighted by Crippen LogP contribution is 2.15. The van der Waals surface area contributed by atoms with Crippen LogP contribution in [0.2, 0.25) is 0 Å². The number of aryl methyl sites for hydroxylation is 1. The lowest BCUT2D eigenvalue weighted by molar-refractivity contribution is -0.0296. The SMILES string of the molecule is CCN1CCO[C@H](CCNC(=O)c2sccc2C)C1. The molecule has 1 N–H and O–H groups in total. The van der Waals surface area contributed by atoms with E-state index in [1.165, 1.54) is 11.3 Å². The summed E-state index contributed by atoms with van der Waals surface area (Å²) in [4.78, 5) is 15.1. The lowest BCUT2D eigenvalue weighted by Gasteiger charge is -2.32. The van der Waals surface area contributed by atoms with Crippen LogP contribution in [-0.2, 0) is 4.74 Å². The van der Waals surface area contributed by atoms with Gasteiger partial charge in [-0.15, -0.1) is 11.3 Å². The van der Waals surface area contributed by atoms with Gasteiger partial charge in [-0.3, -0.25) is 9.69 Å². The Morgan fingerprint density at radius 2 is 2.47 bits per heavy atom. The Balaban J connectivity index is 1.72. The molecule has 106 valence electrons. The summed E-state index contributed by atoms with van der Waals surface area (Å²) in [5.41, 5.74) is 1.05. The number of carbonyl (C=O) groups excluding carboxylic acids is 1. The van der Waals surface area contributed by atoms with Crippen molar-refractivity contribution in [2.24, 2.45) is 0 Å². The van der Waals surface area contributed by atoms with Gasteiger partial charge in [-0.2, -0.15) is 0 Å². The molecule has 1 saturated heterocycles. The molecule has 19 heavy (non-hydrogen) atoms. The van der Waals surface area contributed by atoms with Crippen molar-refractivity contribution < 1.29 is 9.53 Å².